The number of rotatable bonds is 3. The summed E-state index contributed by atoms with van der Waals surface area (Å²) in [5.74, 6) is 0. The molecule has 1 aromatic heterocycles. The minimum Gasteiger partial charge on any atom is -0.280 e. The monoisotopic (exact) mass is 302 g/mol. The first-order valence-corrected chi connectivity index (χ1v) is 7.11. The quantitative estimate of drug-likeness (QED) is 0.886. The molecule has 2 aromatic rings. The van der Waals surface area contributed by atoms with Gasteiger partial charge in [-0.05, 0) is 30.3 Å². The molecule has 0 saturated heterocycles. The topological polar surface area (TPSA) is 59.1 Å². The highest BCUT2D eigenvalue weighted by molar-refractivity contribution is 7.92. The Labute approximate surface area is 115 Å². The van der Waals surface area contributed by atoms with Gasteiger partial charge in [0.2, 0.25) is 0 Å². The molecule has 0 atom stereocenters. The highest BCUT2D eigenvalue weighted by Crippen LogP contribution is 2.19. The Morgan fingerprint density at radius 1 is 1.11 bits per heavy atom. The zero-order valence-corrected chi connectivity index (χ0v) is 11.3. The molecule has 0 aliphatic rings. The minimum atomic E-state index is -3.68. The number of nitrogens with zero attached hydrogens (tertiary/aromatic N) is 1. The summed E-state index contributed by atoms with van der Waals surface area (Å²) < 4.78 is 26.4. The van der Waals surface area contributed by atoms with E-state index in [0.29, 0.717) is 10.7 Å². The lowest BCUT2D eigenvalue weighted by Gasteiger charge is -2.07. The predicted molar refractivity (Wildman–Crippen MR) is 71.5 cm³/mol. The number of nitrogens with one attached hydrogen (secondary N) is 1. The van der Waals surface area contributed by atoms with Crippen LogP contribution >= 0.6 is 23.2 Å². The first-order valence-electron chi connectivity index (χ1n) is 4.87. The third-order valence-corrected chi connectivity index (χ3v) is 3.91. The van der Waals surface area contributed by atoms with Crippen LogP contribution in [0.25, 0.3) is 0 Å². The molecule has 0 fully saturated rings. The number of benzene rings is 1. The maximum absolute atomic E-state index is 12.0. The molecule has 0 aliphatic carbocycles. The molecule has 0 bridgehead atoms. The summed E-state index contributed by atoms with van der Waals surface area (Å²) in [6.45, 7) is 0. The van der Waals surface area contributed by atoms with E-state index in [4.69, 9.17) is 23.2 Å². The smallest absolute Gasteiger partial charge is 0.263 e. The Morgan fingerprint density at radius 2 is 1.89 bits per heavy atom. The van der Waals surface area contributed by atoms with E-state index < -0.39 is 10.0 Å². The molecular weight excluding hydrogens is 295 g/mol. The second kappa shape index (κ2) is 5.14. The highest BCUT2D eigenvalue weighted by Gasteiger charge is 2.14. The summed E-state index contributed by atoms with van der Waals surface area (Å²) in [5.41, 5.74) is 0.387. The van der Waals surface area contributed by atoms with Crippen molar-refractivity contribution in [2.45, 2.75) is 4.90 Å². The normalized spacial score (nSPS) is 11.2. The van der Waals surface area contributed by atoms with Crippen LogP contribution in [0.2, 0.25) is 10.2 Å². The molecule has 0 spiro atoms. The average Bonchev–Trinajstić information content (AvgIpc) is 2.29. The maximum atomic E-state index is 12.0. The molecular formula is C11H8Cl2N2O2S. The molecule has 1 N–H and O–H groups in total. The van der Waals surface area contributed by atoms with E-state index >= 15 is 0 Å². The summed E-state index contributed by atoms with van der Waals surface area (Å²) >= 11 is 11.4. The fourth-order valence-electron chi connectivity index (χ4n) is 1.29. The first-order chi connectivity index (χ1) is 8.47. The van der Waals surface area contributed by atoms with Crippen molar-refractivity contribution in [3.05, 3.63) is 52.8 Å². The molecule has 1 aromatic carbocycles. The lowest BCUT2D eigenvalue weighted by Crippen LogP contribution is -2.13. The lowest BCUT2D eigenvalue weighted by molar-refractivity contribution is 0.601. The largest absolute Gasteiger partial charge is 0.280 e. The average molecular weight is 303 g/mol. The predicted octanol–water partition coefficient (Wildman–Crippen LogP) is 3.19. The van der Waals surface area contributed by atoms with Gasteiger partial charge in [-0.15, -0.1) is 0 Å². The van der Waals surface area contributed by atoms with Crippen LogP contribution in [-0.4, -0.2) is 13.4 Å². The first kappa shape index (κ1) is 13.1. The molecule has 2 rings (SSSR count). The van der Waals surface area contributed by atoms with Crippen molar-refractivity contribution in [2.24, 2.45) is 0 Å². The number of hydrogen-bond acceptors (Lipinski definition) is 3. The third-order valence-electron chi connectivity index (χ3n) is 2.09. The zero-order chi connectivity index (χ0) is 13.2. The van der Waals surface area contributed by atoms with Crippen LogP contribution < -0.4 is 4.72 Å². The van der Waals surface area contributed by atoms with E-state index in [2.05, 4.69) is 9.71 Å². The molecule has 7 heteroatoms. The van der Waals surface area contributed by atoms with Crippen LogP contribution in [0.15, 0.2) is 47.5 Å². The SMILES string of the molecule is O=S(=O)(Nc1cccc(Cl)c1)c1ccc(Cl)nc1. The maximum Gasteiger partial charge on any atom is 0.263 e. The van der Waals surface area contributed by atoms with Gasteiger partial charge in [0.1, 0.15) is 10.0 Å². The van der Waals surface area contributed by atoms with E-state index in [0.717, 1.165) is 0 Å². The lowest BCUT2D eigenvalue weighted by atomic mass is 10.3. The molecule has 0 amide bonds. The second-order valence-corrected chi connectivity index (χ2v) is 5.94. The van der Waals surface area contributed by atoms with Gasteiger partial charge in [-0.3, -0.25) is 4.72 Å². The Bertz CT molecular complexity index is 657. The molecule has 0 radical (unpaired) electrons. The Morgan fingerprint density at radius 3 is 2.50 bits per heavy atom. The number of sulfonamides is 1. The number of pyridine rings is 1. The fourth-order valence-corrected chi connectivity index (χ4v) is 2.58. The van der Waals surface area contributed by atoms with Crippen molar-refractivity contribution in [2.75, 3.05) is 4.72 Å². The molecule has 1 heterocycles. The van der Waals surface area contributed by atoms with Crippen molar-refractivity contribution < 1.29 is 8.42 Å². The van der Waals surface area contributed by atoms with Crippen molar-refractivity contribution >= 4 is 38.9 Å². The summed E-state index contributed by atoms with van der Waals surface area (Å²) in [7, 11) is -3.68. The van der Waals surface area contributed by atoms with E-state index in [-0.39, 0.29) is 10.0 Å². The molecule has 0 saturated carbocycles. The number of aromatic nitrogens is 1. The van der Waals surface area contributed by atoms with E-state index in [9.17, 15) is 8.42 Å². The van der Waals surface area contributed by atoms with Crippen molar-refractivity contribution in [1.29, 1.82) is 0 Å². The van der Waals surface area contributed by atoms with E-state index in [1.165, 1.54) is 24.4 Å². The van der Waals surface area contributed by atoms with Crippen LogP contribution in [-0.2, 0) is 10.0 Å². The number of halogens is 2. The van der Waals surface area contributed by atoms with Gasteiger partial charge in [-0.25, -0.2) is 13.4 Å². The third kappa shape index (κ3) is 3.13. The van der Waals surface area contributed by atoms with E-state index in [1.54, 1.807) is 18.2 Å². The van der Waals surface area contributed by atoms with Gasteiger partial charge in [0.05, 0.1) is 5.69 Å². The second-order valence-electron chi connectivity index (χ2n) is 3.43. The number of anilines is 1. The fraction of sp³-hybridized carbons (Fsp3) is 0. The van der Waals surface area contributed by atoms with Crippen molar-refractivity contribution in [3.63, 3.8) is 0 Å². The van der Waals surface area contributed by atoms with Crippen LogP contribution in [0.3, 0.4) is 0 Å². The molecule has 0 unspecified atom stereocenters. The van der Waals surface area contributed by atoms with Gasteiger partial charge >= 0.3 is 0 Å². The summed E-state index contributed by atoms with van der Waals surface area (Å²) in [4.78, 5) is 3.76. The summed E-state index contributed by atoms with van der Waals surface area (Å²) in [6.07, 6.45) is 1.19. The van der Waals surface area contributed by atoms with E-state index in [1.807, 2.05) is 0 Å². The van der Waals surface area contributed by atoms with Crippen molar-refractivity contribution in [1.82, 2.24) is 4.98 Å². The Kier molecular flexibility index (Phi) is 3.75. The van der Waals surface area contributed by atoms with Gasteiger partial charge in [-0.2, -0.15) is 0 Å². The van der Waals surface area contributed by atoms with Crippen LogP contribution in [0, 0.1) is 0 Å². The van der Waals surface area contributed by atoms with Gasteiger partial charge in [0, 0.05) is 11.2 Å². The van der Waals surface area contributed by atoms with Gasteiger partial charge in [0.15, 0.2) is 0 Å². The van der Waals surface area contributed by atoms with Crippen molar-refractivity contribution in [3.8, 4) is 0 Å². The molecule has 4 nitrogen and oxygen atoms in total. The standard InChI is InChI=1S/C11H8Cl2N2O2S/c12-8-2-1-3-9(6-8)15-18(16,17)10-4-5-11(13)14-7-10/h1-7,15H. The van der Waals surface area contributed by atoms with Crippen LogP contribution in [0.4, 0.5) is 5.69 Å². The Hall–Kier alpha value is -1.30. The highest BCUT2D eigenvalue weighted by atomic mass is 35.5. The summed E-state index contributed by atoms with van der Waals surface area (Å²) in [5, 5.41) is 0.682. The zero-order valence-electron chi connectivity index (χ0n) is 8.97. The molecule has 94 valence electrons. The molecule has 18 heavy (non-hydrogen) atoms. The summed E-state index contributed by atoms with van der Waals surface area (Å²) in [6, 6.07) is 9.22. The van der Waals surface area contributed by atoms with Gasteiger partial charge in [-0.1, -0.05) is 29.3 Å². The Balaban J connectivity index is 2.30. The van der Waals surface area contributed by atoms with Gasteiger partial charge < -0.3 is 0 Å². The number of hydrogen-bond donors (Lipinski definition) is 1. The van der Waals surface area contributed by atoms with Crippen LogP contribution in [0.5, 0.6) is 0 Å². The van der Waals surface area contributed by atoms with Crippen LogP contribution in [0.1, 0.15) is 0 Å². The molecule has 0 aliphatic heterocycles. The van der Waals surface area contributed by atoms with Gasteiger partial charge in [0.25, 0.3) is 10.0 Å². The minimum absolute atomic E-state index is 0.0341.